The smallest absolute Gasteiger partial charge is 0.499 e. The summed E-state index contributed by atoms with van der Waals surface area (Å²) in [5, 5.41) is 0. The summed E-state index contributed by atoms with van der Waals surface area (Å²) < 4.78 is 9.73. The van der Waals surface area contributed by atoms with E-state index in [-0.39, 0.29) is 45.0 Å². The maximum atomic E-state index is 11.4. The molecular formula is C10H12O4W. The topological polar surface area (TPSA) is 52.6 Å². The van der Waals surface area contributed by atoms with Crippen molar-refractivity contribution in [1.29, 1.82) is 0 Å². The summed E-state index contributed by atoms with van der Waals surface area (Å²) in [6.45, 7) is 1.92. The molecule has 0 amide bonds. The Balaban J connectivity index is 0.00000112. The van der Waals surface area contributed by atoms with Gasteiger partial charge in [-0.15, -0.1) is 0 Å². The Bertz CT molecular complexity index is 279. The standard InChI is InChI=1S/C10H12O4.W/c1-5-3-6(9(11)13-2)7-4-8(5)14-10(7)12;/h3-8H,1-2H3;/q-2;+2. The van der Waals surface area contributed by atoms with Gasteiger partial charge in [-0.25, -0.2) is 0 Å². The van der Waals surface area contributed by atoms with Gasteiger partial charge in [-0.1, -0.05) is 18.8 Å². The molecule has 2 rings (SSSR count). The second-order valence-electron chi connectivity index (χ2n) is 3.72. The molecule has 4 nitrogen and oxygen atoms in total. The molecule has 2 aliphatic rings. The van der Waals surface area contributed by atoms with Crippen LogP contribution in [0.2, 0.25) is 0 Å². The van der Waals surface area contributed by atoms with Crippen molar-refractivity contribution in [3.8, 4) is 0 Å². The molecule has 15 heavy (non-hydrogen) atoms. The third-order valence-electron chi connectivity index (χ3n) is 2.81. The fourth-order valence-electron chi connectivity index (χ4n) is 2.00. The van der Waals surface area contributed by atoms with Crippen molar-refractivity contribution in [2.45, 2.75) is 13.0 Å². The Hall–Kier alpha value is -0.372. The first-order chi connectivity index (χ1) is 6.63. The molecule has 0 aromatic heterocycles. The van der Waals surface area contributed by atoms with Crippen LogP contribution in [-0.4, -0.2) is 25.2 Å². The minimum absolute atomic E-state index is 0. The van der Waals surface area contributed by atoms with Gasteiger partial charge < -0.3 is 15.9 Å². The third kappa shape index (κ3) is 2.10. The summed E-state index contributed by atoms with van der Waals surface area (Å²) in [4.78, 5) is 22.7. The molecule has 1 saturated carbocycles. The number of fused-ring (bicyclic) bond motifs is 2. The first-order valence-corrected chi connectivity index (χ1v) is 4.62. The predicted molar refractivity (Wildman–Crippen MR) is 46.6 cm³/mol. The average Bonchev–Trinajstić information content (AvgIpc) is 2.50. The normalized spacial score (nSPS) is 37.9. The fraction of sp³-hybridized carbons (Fsp3) is 0.600. The molecule has 82 valence electrons. The van der Waals surface area contributed by atoms with Gasteiger partial charge in [-0.05, 0) is 6.10 Å². The first kappa shape index (κ1) is 12.7. The molecule has 2 fully saturated rings. The molecule has 5 heteroatoms. The van der Waals surface area contributed by atoms with Crippen molar-refractivity contribution < 1.29 is 40.1 Å². The van der Waals surface area contributed by atoms with Gasteiger partial charge in [-0.2, -0.15) is 5.92 Å². The van der Waals surface area contributed by atoms with Crippen molar-refractivity contribution in [1.82, 2.24) is 0 Å². The van der Waals surface area contributed by atoms with E-state index >= 15 is 0 Å². The molecule has 1 saturated heterocycles. The van der Waals surface area contributed by atoms with Crippen LogP contribution in [0.3, 0.4) is 0 Å². The van der Waals surface area contributed by atoms with E-state index in [9.17, 15) is 9.59 Å². The first-order valence-electron chi connectivity index (χ1n) is 4.62. The second kappa shape index (κ2) is 4.65. The summed E-state index contributed by atoms with van der Waals surface area (Å²) in [5.74, 6) is -1.51. The molecule has 2 bridgehead atoms. The van der Waals surface area contributed by atoms with Crippen LogP contribution in [-0.2, 0) is 40.1 Å². The Labute approximate surface area is 103 Å². The van der Waals surface area contributed by atoms with Crippen LogP contribution in [0, 0.1) is 30.6 Å². The summed E-state index contributed by atoms with van der Waals surface area (Å²) in [7, 11) is 1.33. The number of carbonyl (C=O) groups excluding carboxylic acids is 2. The minimum atomic E-state index is -0.471. The van der Waals surface area contributed by atoms with Crippen molar-refractivity contribution in [3.05, 3.63) is 12.8 Å². The molecule has 0 spiro atoms. The van der Waals surface area contributed by atoms with Gasteiger partial charge in [0.15, 0.2) is 0 Å². The molecule has 1 aliphatic carbocycles. The number of rotatable bonds is 1. The van der Waals surface area contributed by atoms with Gasteiger partial charge in [0.25, 0.3) is 11.9 Å². The largest absolute Gasteiger partial charge is 2.00 e. The van der Waals surface area contributed by atoms with Gasteiger partial charge in [0.05, 0.1) is 7.11 Å². The van der Waals surface area contributed by atoms with Gasteiger partial charge in [-0.3, -0.25) is 16.0 Å². The van der Waals surface area contributed by atoms with Crippen molar-refractivity contribution >= 4 is 11.9 Å². The number of carbonyl (C=O) groups is 2. The van der Waals surface area contributed by atoms with E-state index in [0.29, 0.717) is 0 Å². The predicted octanol–water partition coefficient (Wildman–Crippen LogP) is 0.373. The third-order valence-corrected chi connectivity index (χ3v) is 2.81. The molecule has 1 heterocycles. The van der Waals surface area contributed by atoms with Crippen LogP contribution in [0.15, 0.2) is 0 Å². The van der Waals surface area contributed by atoms with Crippen LogP contribution in [0.5, 0.6) is 0 Å². The molecule has 1 aliphatic heterocycles. The maximum absolute atomic E-state index is 11.4. The molecule has 0 N–H and O–H groups in total. The Morgan fingerprint density at radius 1 is 1.47 bits per heavy atom. The van der Waals surface area contributed by atoms with Crippen LogP contribution >= 0.6 is 0 Å². The Morgan fingerprint density at radius 2 is 2.13 bits per heavy atom. The monoisotopic (exact) mass is 380 g/mol. The Kier molecular flexibility index (Phi) is 3.93. The molecular weight excluding hydrogens is 368 g/mol. The van der Waals surface area contributed by atoms with Crippen molar-refractivity contribution in [2.75, 3.05) is 7.11 Å². The summed E-state index contributed by atoms with van der Waals surface area (Å²) in [6, 6.07) is 0. The number of methoxy groups -OCH3 is 1. The number of hydrogen-bond acceptors (Lipinski definition) is 4. The molecule has 0 aromatic rings. The molecule has 4 unspecified atom stereocenters. The zero-order valence-corrected chi connectivity index (χ0v) is 11.4. The van der Waals surface area contributed by atoms with E-state index in [1.807, 2.05) is 13.3 Å². The van der Waals surface area contributed by atoms with Crippen molar-refractivity contribution in [3.63, 3.8) is 0 Å². The van der Waals surface area contributed by atoms with E-state index < -0.39 is 11.8 Å². The second-order valence-corrected chi connectivity index (χ2v) is 3.72. The van der Waals surface area contributed by atoms with Gasteiger partial charge >= 0.3 is 21.1 Å². The summed E-state index contributed by atoms with van der Waals surface area (Å²) in [6.07, 6.45) is 3.48. The zero-order valence-electron chi connectivity index (χ0n) is 8.51. The SMILES string of the molecule is COC(=O)C1[CH-]C(C)C2[CH-]C1C(=O)O2.[W+2]. The fourth-order valence-corrected chi connectivity index (χ4v) is 2.00. The summed E-state index contributed by atoms with van der Waals surface area (Å²) in [5.41, 5.74) is 0. The van der Waals surface area contributed by atoms with Crippen LogP contribution in [0.1, 0.15) is 6.92 Å². The van der Waals surface area contributed by atoms with Gasteiger partial charge in [0.2, 0.25) is 0 Å². The van der Waals surface area contributed by atoms with Gasteiger partial charge in [0.1, 0.15) is 0 Å². The van der Waals surface area contributed by atoms with Crippen LogP contribution in [0.25, 0.3) is 0 Å². The maximum Gasteiger partial charge on any atom is 2.00 e. The number of ether oxygens (including phenoxy) is 2. The van der Waals surface area contributed by atoms with E-state index in [4.69, 9.17) is 4.74 Å². The van der Waals surface area contributed by atoms with Crippen LogP contribution in [0.4, 0.5) is 0 Å². The van der Waals surface area contributed by atoms with Crippen LogP contribution < -0.4 is 0 Å². The molecule has 0 radical (unpaired) electrons. The molecule has 4 atom stereocenters. The zero-order chi connectivity index (χ0) is 10.3. The van der Waals surface area contributed by atoms with E-state index in [0.717, 1.165) is 0 Å². The van der Waals surface area contributed by atoms with Crippen molar-refractivity contribution in [2.24, 2.45) is 17.8 Å². The quantitative estimate of drug-likeness (QED) is 0.488. The minimum Gasteiger partial charge on any atom is -0.499 e. The number of esters is 2. The average molecular weight is 380 g/mol. The van der Waals surface area contributed by atoms with E-state index in [1.165, 1.54) is 7.11 Å². The Morgan fingerprint density at radius 3 is 2.73 bits per heavy atom. The van der Waals surface area contributed by atoms with Gasteiger partial charge in [0, 0.05) is 0 Å². The summed E-state index contributed by atoms with van der Waals surface area (Å²) >= 11 is 0. The van der Waals surface area contributed by atoms with E-state index in [1.54, 1.807) is 6.42 Å². The number of hydrogen-bond donors (Lipinski definition) is 0. The van der Waals surface area contributed by atoms with E-state index in [2.05, 4.69) is 4.74 Å². The molecule has 0 aromatic carbocycles.